The van der Waals surface area contributed by atoms with Crippen LogP contribution in [0.15, 0.2) is 6.07 Å². The molecule has 0 spiro atoms. The molecule has 0 amide bonds. The van der Waals surface area contributed by atoms with Gasteiger partial charge >= 0.3 is 5.97 Å². The topological polar surface area (TPSA) is 52.3 Å². The summed E-state index contributed by atoms with van der Waals surface area (Å²) in [6.07, 6.45) is 0. The number of hydrogen-bond donors (Lipinski definition) is 1. The Morgan fingerprint density at radius 1 is 1.53 bits per heavy atom. The number of anilines is 1. The molecule has 1 aromatic rings. The maximum atomic E-state index is 11.6. The molecule has 0 radical (unpaired) electrons. The average Bonchev–Trinajstić information content (AvgIpc) is 2.15. The predicted octanol–water partition coefficient (Wildman–Crippen LogP) is 2.67. The first-order valence-electron chi connectivity index (χ1n) is 4.71. The summed E-state index contributed by atoms with van der Waals surface area (Å²) in [6, 6.07) is 1.81. The maximum Gasteiger partial charge on any atom is 0.341 e. The standard InChI is InChI=1S/C11H14INO2/c1-4-15-11(14)9-8(13)5-6(2)7(3)10(9)12/h5H,4,13H2,1-3H3. The third-order valence-electron chi connectivity index (χ3n) is 2.28. The van der Waals surface area contributed by atoms with Gasteiger partial charge < -0.3 is 10.5 Å². The van der Waals surface area contributed by atoms with Crippen molar-refractivity contribution in [3.8, 4) is 0 Å². The Balaban J connectivity index is 3.29. The largest absolute Gasteiger partial charge is 0.462 e. The van der Waals surface area contributed by atoms with Crippen molar-refractivity contribution < 1.29 is 9.53 Å². The minimum atomic E-state index is -0.345. The lowest BCUT2D eigenvalue weighted by Crippen LogP contribution is -2.11. The van der Waals surface area contributed by atoms with Crippen molar-refractivity contribution >= 4 is 34.2 Å². The minimum Gasteiger partial charge on any atom is -0.462 e. The number of rotatable bonds is 2. The molecule has 0 aliphatic rings. The number of halogens is 1. The van der Waals surface area contributed by atoms with E-state index in [9.17, 15) is 4.79 Å². The highest BCUT2D eigenvalue weighted by Gasteiger charge is 2.17. The van der Waals surface area contributed by atoms with Gasteiger partial charge in [-0.25, -0.2) is 4.79 Å². The van der Waals surface area contributed by atoms with Crippen LogP contribution in [0, 0.1) is 17.4 Å². The van der Waals surface area contributed by atoms with Gasteiger partial charge in [-0.15, -0.1) is 0 Å². The summed E-state index contributed by atoms with van der Waals surface area (Å²) in [6.45, 7) is 6.09. The number of hydrogen-bond acceptors (Lipinski definition) is 3. The molecule has 0 unspecified atom stereocenters. The monoisotopic (exact) mass is 319 g/mol. The zero-order valence-corrected chi connectivity index (χ0v) is 11.2. The fourth-order valence-electron chi connectivity index (χ4n) is 1.31. The van der Waals surface area contributed by atoms with Crippen LogP contribution in [-0.4, -0.2) is 12.6 Å². The molecular formula is C11H14INO2. The summed E-state index contributed by atoms with van der Waals surface area (Å²) < 4.78 is 5.84. The number of esters is 1. The average molecular weight is 319 g/mol. The van der Waals surface area contributed by atoms with Crippen molar-refractivity contribution in [1.82, 2.24) is 0 Å². The molecule has 0 heterocycles. The van der Waals surface area contributed by atoms with E-state index in [1.165, 1.54) is 0 Å². The zero-order valence-electron chi connectivity index (χ0n) is 9.06. The molecule has 0 aromatic heterocycles. The van der Waals surface area contributed by atoms with Gasteiger partial charge in [0.05, 0.1) is 12.2 Å². The molecule has 4 heteroatoms. The van der Waals surface area contributed by atoms with Gasteiger partial charge in [-0.1, -0.05) is 0 Å². The fourth-order valence-corrected chi connectivity index (χ4v) is 2.27. The number of carbonyl (C=O) groups is 1. The van der Waals surface area contributed by atoms with Gasteiger partial charge in [0, 0.05) is 9.26 Å². The Bertz CT molecular complexity index is 402. The van der Waals surface area contributed by atoms with Crippen LogP contribution in [-0.2, 0) is 4.74 Å². The van der Waals surface area contributed by atoms with Crippen molar-refractivity contribution in [2.45, 2.75) is 20.8 Å². The van der Waals surface area contributed by atoms with Gasteiger partial charge in [0.25, 0.3) is 0 Å². The van der Waals surface area contributed by atoms with E-state index in [-0.39, 0.29) is 5.97 Å². The first kappa shape index (κ1) is 12.3. The molecule has 1 rings (SSSR count). The third-order valence-corrected chi connectivity index (χ3v) is 3.63. The maximum absolute atomic E-state index is 11.6. The molecule has 82 valence electrons. The summed E-state index contributed by atoms with van der Waals surface area (Å²) in [5, 5.41) is 0. The number of ether oxygens (including phenoxy) is 1. The number of benzene rings is 1. The smallest absolute Gasteiger partial charge is 0.341 e. The molecule has 2 N–H and O–H groups in total. The predicted molar refractivity (Wildman–Crippen MR) is 69.0 cm³/mol. The molecule has 0 bridgehead atoms. The van der Waals surface area contributed by atoms with E-state index in [2.05, 4.69) is 22.6 Å². The lowest BCUT2D eigenvalue weighted by Gasteiger charge is -2.12. The van der Waals surface area contributed by atoms with Crippen LogP contribution in [0.2, 0.25) is 0 Å². The molecule has 0 atom stereocenters. The van der Waals surface area contributed by atoms with Crippen LogP contribution < -0.4 is 5.73 Å². The second-order valence-corrected chi connectivity index (χ2v) is 4.40. The van der Waals surface area contributed by atoms with Crippen LogP contribution >= 0.6 is 22.6 Å². The van der Waals surface area contributed by atoms with Crippen LogP contribution in [0.4, 0.5) is 5.69 Å². The summed E-state index contributed by atoms with van der Waals surface area (Å²) in [5.74, 6) is -0.345. The Morgan fingerprint density at radius 3 is 2.67 bits per heavy atom. The molecule has 0 aliphatic carbocycles. The molecule has 0 saturated carbocycles. The Labute approximate surface area is 103 Å². The highest BCUT2D eigenvalue weighted by atomic mass is 127. The lowest BCUT2D eigenvalue weighted by molar-refractivity contribution is 0.0526. The van der Waals surface area contributed by atoms with Crippen molar-refractivity contribution in [2.24, 2.45) is 0 Å². The number of aryl methyl sites for hydroxylation is 1. The number of carbonyl (C=O) groups excluding carboxylic acids is 1. The Hall–Kier alpha value is -0.780. The SMILES string of the molecule is CCOC(=O)c1c(N)cc(C)c(C)c1I. The highest BCUT2D eigenvalue weighted by molar-refractivity contribution is 14.1. The van der Waals surface area contributed by atoms with Gasteiger partial charge in [0.2, 0.25) is 0 Å². The first-order chi connectivity index (χ1) is 6.99. The van der Waals surface area contributed by atoms with E-state index in [0.29, 0.717) is 17.9 Å². The van der Waals surface area contributed by atoms with Gasteiger partial charge in [-0.3, -0.25) is 0 Å². The van der Waals surface area contributed by atoms with E-state index >= 15 is 0 Å². The summed E-state index contributed by atoms with van der Waals surface area (Å²) in [4.78, 5) is 11.6. The highest BCUT2D eigenvalue weighted by Crippen LogP contribution is 2.26. The van der Waals surface area contributed by atoms with Crippen molar-refractivity contribution in [3.63, 3.8) is 0 Å². The van der Waals surface area contributed by atoms with Gasteiger partial charge in [0.15, 0.2) is 0 Å². The molecule has 3 nitrogen and oxygen atoms in total. The quantitative estimate of drug-likeness (QED) is 0.518. The fraction of sp³-hybridized carbons (Fsp3) is 0.364. The summed E-state index contributed by atoms with van der Waals surface area (Å²) in [5.41, 5.74) is 8.95. The van der Waals surface area contributed by atoms with E-state index in [1.54, 1.807) is 6.92 Å². The molecule has 0 aliphatic heterocycles. The van der Waals surface area contributed by atoms with Gasteiger partial charge in [0.1, 0.15) is 0 Å². The minimum absolute atomic E-state index is 0.345. The van der Waals surface area contributed by atoms with E-state index in [1.807, 2.05) is 19.9 Å². The van der Waals surface area contributed by atoms with E-state index < -0.39 is 0 Å². The van der Waals surface area contributed by atoms with Gasteiger partial charge in [-0.2, -0.15) is 0 Å². The van der Waals surface area contributed by atoms with Crippen LogP contribution in [0.1, 0.15) is 28.4 Å². The van der Waals surface area contributed by atoms with E-state index in [0.717, 1.165) is 14.7 Å². The van der Waals surface area contributed by atoms with Crippen LogP contribution in [0.3, 0.4) is 0 Å². The second kappa shape index (κ2) is 4.83. The normalized spacial score (nSPS) is 10.1. The third kappa shape index (κ3) is 2.42. The van der Waals surface area contributed by atoms with Crippen molar-refractivity contribution in [2.75, 3.05) is 12.3 Å². The van der Waals surface area contributed by atoms with Crippen molar-refractivity contribution in [1.29, 1.82) is 0 Å². The molecule has 1 aromatic carbocycles. The first-order valence-corrected chi connectivity index (χ1v) is 5.79. The lowest BCUT2D eigenvalue weighted by atomic mass is 10.0. The number of nitrogen functional groups attached to an aromatic ring is 1. The summed E-state index contributed by atoms with van der Waals surface area (Å²) >= 11 is 2.13. The molecule has 0 saturated heterocycles. The molecular weight excluding hydrogens is 305 g/mol. The Kier molecular flexibility index (Phi) is 3.96. The molecule has 0 fully saturated rings. The van der Waals surface area contributed by atoms with Crippen LogP contribution in [0.5, 0.6) is 0 Å². The van der Waals surface area contributed by atoms with Gasteiger partial charge in [-0.05, 0) is 60.6 Å². The van der Waals surface area contributed by atoms with Crippen LogP contribution in [0.25, 0.3) is 0 Å². The van der Waals surface area contributed by atoms with E-state index in [4.69, 9.17) is 10.5 Å². The second-order valence-electron chi connectivity index (χ2n) is 3.32. The Morgan fingerprint density at radius 2 is 2.13 bits per heavy atom. The molecule has 15 heavy (non-hydrogen) atoms. The number of nitrogens with two attached hydrogens (primary N) is 1. The summed E-state index contributed by atoms with van der Waals surface area (Å²) in [7, 11) is 0. The van der Waals surface area contributed by atoms with Crippen molar-refractivity contribution in [3.05, 3.63) is 26.3 Å². The zero-order chi connectivity index (χ0) is 11.6.